The molecule has 2 heterocycles. The Morgan fingerprint density at radius 2 is 1.69 bits per heavy atom. The molecule has 1 amide bonds. The number of rotatable bonds is 6. The first-order chi connectivity index (χ1) is 14.2. The number of carbonyl (C=O) groups is 1. The summed E-state index contributed by atoms with van der Waals surface area (Å²) >= 11 is 0. The van der Waals surface area contributed by atoms with Gasteiger partial charge in [0, 0.05) is 17.5 Å². The highest BCUT2D eigenvalue weighted by molar-refractivity contribution is 5.77. The van der Waals surface area contributed by atoms with Crippen molar-refractivity contribution in [3.05, 3.63) is 71.3 Å². The molecule has 0 radical (unpaired) electrons. The van der Waals surface area contributed by atoms with Gasteiger partial charge in [0.05, 0.1) is 25.8 Å². The maximum absolute atomic E-state index is 12.9. The summed E-state index contributed by atoms with van der Waals surface area (Å²) < 4.78 is 5.56. The number of morpholine rings is 1. The van der Waals surface area contributed by atoms with Crippen molar-refractivity contribution in [3.8, 4) is 0 Å². The monoisotopic (exact) mass is 395 g/mol. The van der Waals surface area contributed by atoms with Gasteiger partial charge in [-0.15, -0.1) is 0 Å². The van der Waals surface area contributed by atoms with Crippen LogP contribution in [0.15, 0.2) is 54.6 Å². The Bertz CT molecular complexity index is 805. The molecule has 1 unspecified atom stereocenters. The molecule has 3 N–H and O–H groups in total. The van der Waals surface area contributed by atoms with Crippen molar-refractivity contribution in [1.82, 2.24) is 5.32 Å². The second kappa shape index (κ2) is 9.53. The van der Waals surface area contributed by atoms with E-state index in [1.54, 1.807) is 0 Å². The van der Waals surface area contributed by atoms with Gasteiger partial charge in [-0.3, -0.25) is 4.79 Å². The number of nitrogens with one attached hydrogen (secondary N) is 3. The molecule has 29 heavy (non-hydrogen) atoms. The highest BCUT2D eigenvalue weighted by Crippen LogP contribution is 2.14. The molecule has 2 aromatic rings. The van der Waals surface area contributed by atoms with E-state index in [-0.39, 0.29) is 18.0 Å². The number of hydrogen-bond acceptors (Lipinski definition) is 2. The van der Waals surface area contributed by atoms with Crippen LogP contribution in [0.5, 0.6) is 0 Å². The van der Waals surface area contributed by atoms with Crippen LogP contribution in [0.2, 0.25) is 0 Å². The molecule has 2 aliphatic rings. The molecule has 5 nitrogen and oxygen atoms in total. The SMILES string of the molecule is C[C@H](NC(=O)C[NH+]1CCc2ccccc2C1)[C@@H](c1ccccc1)[NH+]1CCOCC1. The molecular weight excluding hydrogens is 362 g/mol. The van der Waals surface area contributed by atoms with Crippen molar-refractivity contribution >= 4 is 5.91 Å². The number of hydrogen-bond donors (Lipinski definition) is 3. The first kappa shape index (κ1) is 20.1. The second-order valence-electron chi connectivity index (χ2n) is 8.39. The average Bonchev–Trinajstić information content (AvgIpc) is 2.75. The Kier molecular flexibility index (Phi) is 6.60. The van der Waals surface area contributed by atoms with Crippen molar-refractivity contribution in [1.29, 1.82) is 0 Å². The number of ether oxygens (including phenoxy) is 1. The normalized spacial score (nSPS) is 21.8. The maximum Gasteiger partial charge on any atom is 0.275 e. The van der Waals surface area contributed by atoms with Crippen LogP contribution < -0.4 is 15.1 Å². The Hall–Kier alpha value is -2.21. The van der Waals surface area contributed by atoms with Crippen LogP contribution in [0, 0.1) is 0 Å². The highest BCUT2D eigenvalue weighted by atomic mass is 16.5. The standard InChI is InChI=1S/C24H31N3O2/c1-19(24(21-8-3-2-4-9-21)27-13-15-29-16-14-27)25-23(28)18-26-12-11-20-7-5-6-10-22(20)17-26/h2-10,19,24H,11-18H2,1H3,(H,25,28)/p+2/t19-,24-/m0/s1. The summed E-state index contributed by atoms with van der Waals surface area (Å²) in [5.74, 6) is 0.153. The van der Waals surface area contributed by atoms with Crippen molar-refractivity contribution in [2.75, 3.05) is 39.4 Å². The van der Waals surface area contributed by atoms with Gasteiger partial charge in [0.15, 0.2) is 6.54 Å². The number of quaternary nitrogens is 2. The zero-order valence-corrected chi connectivity index (χ0v) is 17.3. The molecule has 0 saturated carbocycles. The first-order valence-corrected chi connectivity index (χ1v) is 10.9. The van der Waals surface area contributed by atoms with E-state index in [2.05, 4.69) is 66.8 Å². The van der Waals surface area contributed by atoms with Gasteiger partial charge in [-0.05, 0) is 12.5 Å². The number of fused-ring (bicyclic) bond motifs is 1. The van der Waals surface area contributed by atoms with Crippen LogP contribution >= 0.6 is 0 Å². The minimum atomic E-state index is 0.0782. The predicted octanol–water partition coefficient (Wildman–Crippen LogP) is -0.211. The van der Waals surface area contributed by atoms with Gasteiger partial charge in [-0.2, -0.15) is 0 Å². The summed E-state index contributed by atoms with van der Waals surface area (Å²) in [4.78, 5) is 15.7. The Morgan fingerprint density at radius 1 is 1.00 bits per heavy atom. The lowest BCUT2D eigenvalue weighted by atomic mass is 9.98. The topological polar surface area (TPSA) is 47.2 Å². The van der Waals surface area contributed by atoms with Gasteiger partial charge in [-0.1, -0.05) is 54.6 Å². The Morgan fingerprint density at radius 3 is 2.45 bits per heavy atom. The summed E-state index contributed by atoms with van der Waals surface area (Å²) in [6.07, 6.45) is 1.05. The first-order valence-electron chi connectivity index (χ1n) is 10.9. The lowest BCUT2D eigenvalue weighted by molar-refractivity contribution is -0.940. The van der Waals surface area contributed by atoms with Crippen LogP contribution in [-0.2, 0) is 22.5 Å². The van der Waals surface area contributed by atoms with Crippen molar-refractivity contribution in [2.24, 2.45) is 0 Å². The molecule has 3 atom stereocenters. The fourth-order valence-corrected chi connectivity index (χ4v) is 4.89. The molecule has 2 aromatic carbocycles. The van der Waals surface area contributed by atoms with E-state index in [4.69, 9.17) is 4.74 Å². The van der Waals surface area contributed by atoms with Gasteiger partial charge < -0.3 is 19.9 Å². The summed E-state index contributed by atoms with van der Waals surface area (Å²) in [5.41, 5.74) is 4.11. The van der Waals surface area contributed by atoms with E-state index in [0.29, 0.717) is 6.54 Å². The third-order valence-corrected chi connectivity index (χ3v) is 6.34. The highest BCUT2D eigenvalue weighted by Gasteiger charge is 2.33. The zero-order valence-electron chi connectivity index (χ0n) is 17.3. The van der Waals surface area contributed by atoms with Crippen molar-refractivity contribution in [3.63, 3.8) is 0 Å². The molecule has 1 saturated heterocycles. The quantitative estimate of drug-likeness (QED) is 0.634. The van der Waals surface area contributed by atoms with E-state index in [1.807, 2.05) is 0 Å². The van der Waals surface area contributed by atoms with E-state index >= 15 is 0 Å². The smallest absolute Gasteiger partial charge is 0.275 e. The van der Waals surface area contributed by atoms with E-state index in [0.717, 1.165) is 45.8 Å². The fourth-order valence-electron chi connectivity index (χ4n) is 4.89. The number of amides is 1. The molecule has 4 rings (SSSR count). The predicted molar refractivity (Wildman–Crippen MR) is 113 cm³/mol. The van der Waals surface area contributed by atoms with Gasteiger partial charge in [0.1, 0.15) is 25.7 Å². The molecule has 1 fully saturated rings. The Labute approximate surface area is 173 Å². The van der Waals surface area contributed by atoms with Crippen LogP contribution in [0.3, 0.4) is 0 Å². The largest absolute Gasteiger partial charge is 0.370 e. The van der Waals surface area contributed by atoms with Crippen LogP contribution in [-0.4, -0.2) is 51.3 Å². The lowest BCUT2D eigenvalue weighted by Crippen LogP contribution is -3.15. The van der Waals surface area contributed by atoms with Crippen molar-refractivity contribution < 1.29 is 19.3 Å². The summed E-state index contributed by atoms with van der Waals surface area (Å²) in [5, 5.41) is 3.33. The fraction of sp³-hybridized carbons (Fsp3) is 0.458. The number of benzene rings is 2. The van der Waals surface area contributed by atoms with E-state index in [9.17, 15) is 4.79 Å². The summed E-state index contributed by atoms with van der Waals surface area (Å²) in [6, 6.07) is 19.5. The maximum atomic E-state index is 12.9. The average molecular weight is 396 g/mol. The molecule has 0 aliphatic carbocycles. The van der Waals surface area contributed by atoms with E-state index < -0.39 is 0 Å². The number of carbonyl (C=O) groups excluding carboxylic acids is 1. The third kappa shape index (κ3) is 5.04. The van der Waals surface area contributed by atoms with Gasteiger partial charge in [-0.25, -0.2) is 0 Å². The molecule has 0 bridgehead atoms. The molecule has 0 spiro atoms. The zero-order chi connectivity index (χ0) is 20.1. The molecule has 2 aliphatic heterocycles. The van der Waals surface area contributed by atoms with E-state index in [1.165, 1.54) is 26.5 Å². The Balaban J connectivity index is 1.39. The summed E-state index contributed by atoms with van der Waals surface area (Å²) in [6.45, 7) is 8.19. The molecular formula is C24H33N3O2+2. The van der Waals surface area contributed by atoms with Crippen LogP contribution in [0.1, 0.15) is 29.7 Å². The third-order valence-electron chi connectivity index (χ3n) is 6.34. The van der Waals surface area contributed by atoms with Crippen LogP contribution in [0.4, 0.5) is 0 Å². The summed E-state index contributed by atoms with van der Waals surface area (Å²) in [7, 11) is 0. The second-order valence-corrected chi connectivity index (χ2v) is 8.39. The lowest BCUT2D eigenvalue weighted by Gasteiger charge is -2.35. The minimum Gasteiger partial charge on any atom is -0.370 e. The molecule has 0 aromatic heterocycles. The minimum absolute atomic E-state index is 0.0782. The molecule has 154 valence electrons. The molecule has 5 heteroatoms. The van der Waals surface area contributed by atoms with Crippen LogP contribution in [0.25, 0.3) is 0 Å². The van der Waals surface area contributed by atoms with Gasteiger partial charge >= 0.3 is 0 Å². The van der Waals surface area contributed by atoms with Gasteiger partial charge in [0.2, 0.25) is 0 Å². The van der Waals surface area contributed by atoms with Crippen molar-refractivity contribution in [2.45, 2.75) is 32.0 Å². The van der Waals surface area contributed by atoms with Gasteiger partial charge in [0.25, 0.3) is 5.91 Å².